The summed E-state index contributed by atoms with van der Waals surface area (Å²) < 4.78 is 17.5. The third kappa shape index (κ3) is 4.28. The summed E-state index contributed by atoms with van der Waals surface area (Å²) in [6.07, 6.45) is 0.729. The van der Waals surface area contributed by atoms with E-state index >= 15 is 0 Å². The number of carbonyl (C=O) groups is 2. The third-order valence-electron chi connectivity index (χ3n) is 6.91. The Kier molecular flexibility index (Phi) is 6.23. The highest BCUT2D eigenvalue weighted by Crippen LogP contribution is 2.45. The zero-order valence-corrected chi connectivity index (χ0v) is 22.5. The van der Waals surface area contributed by atoms with Crippen LogP contribution in [-0.2, 0) is 16.0 Å². The van der Waals surface area contributed by atoms with Gasteiger partial charge in [0, 0.05) is 12.0 Å². The summed E-state index contributed by atoms with van der Waals surface area (Å²) in [5.41, 5.74) is 2.73. The number of hydrogen-bond acceptors (Lipinski definition) is 8. The number of amides is 1. The highest BCUT2D eigenvalue weighted by molar-refractivity contribution is 7.22. The third-order valence-corrected chi connectivity index (χ3v) is 7.93. The lowest BCUT2D eigenvalue weighted by atomic mass is 9.94. The number of aromatic nitrogens is 1. The molecule has 8 nitrogen and oxygen atoms in total. The summed E-state index contributed by atoms with van der Waals surface area (Å²) in [6.45, 7) is 4.38. The number of fused-ring (bicyclic) bond motifs is 2. The number of nitrogens with zero attached hydrogens (tertiary/aromatic N) is 2. The average molecular weight is 543 g/mol. The fourth-order valence-electron chi connectivity index (χ4n) is 5.11. The highest BCUT2D eigenvalue weighted by atomic mass is 32.1. The van der Waals surface area contributed by atoms with Crippen molar-refractivity contribution in [2.75, 3.05) is 18.6 Å². The Hall–Kier alpha value is -4.37. The molecular weight excluding hydrogens is 516 g/mol. The van der Waals surface area contributed by atoms with Gasteiger partial charge < -0.3 is 19.3 Å². The largest absolute Gasteiger partial charge is 0.507 e. The van der Waals surface area contributed by atoms with Gasteiger partial charge in [-0.05, 0) is 73.5 Å². The maximum Gasteiger partial charge on any atom is 0.301 e. The van der Waals surface area contributed by atoms with Crippen LogP contribution in [0.1, 0.15) is 36.6 Å². The molecule has 1 saturated heterocycles. The second-order valence-corrected chi connectivity index (χ2v) is 10.5. The van der Waals surface area contributed by atoms with Crippen LogP contribution in [0.2, 0.25) is 0 Å². The van der Waals surface area contributed by atoms with Crippen molar-refractivity contribution in [1.82, 2.24) is 4.98 Å². The average Bonchev–Trinajstić information content (AvgIpc) is 3.60. The Labute approximate surface area is 229 Å². The Morgan fingerprint density at radius 1 is 1.10 bits per heavy atom. The predicted octanol–water partition coefficient (Wildman–Crippen LogP) is 5.65. The van der Waals surface area contributed by atoms with Crippen LogP contribution in [0.15, 0.2) is 66.2 Å². The topological polar surface area (TPSA) is 98.2 Å². The predicted molar refractivity (Wildman–Crippen MR) is 149 cm³/mol. The van der Waals surface area contributed by atoms with Gasteiger partial charge in [-0.25, -0.2) is 4.98 Å². The van der Waals surface area contributed by atoms with Crippen LogP contribution in [-0.4, -0.2) is 41.6 Å². The molecule has 0 aliphatic carbocycles. The molecule has 9 heteroatoms. The van der Waals surface area contributed by atoms with Gasteiger partial charge in [0.2, 0.25) is 0 Å². The molecule has 2 aliphatic rings. The fraction of sp³-hybridized carbons (Fsp3) is 0.233. The number of aliphatic hydroxyl groups excluding tert-OH is 1. The molecule has 1 N–H and O–H groups in total. The molecule has 0 bridgehead atoms. The second-order valence-electron chi connectivity index (χ2n) is 9.46. The molecule has 3 aromatic carbocycles. The molecule has 0 spiro atoms. The van der Waals surface area contributed by atoms with Crippen LogP contribution >= 0.6 is 11.3 Å². The van der Waals surface area contributed by atoms with Gasteiger partial charge in [-0.3, -0.25) is 14.5 Å². The van der Waals surface area contributed by atoms with Crippen LogP contribution < -0.4 is 19.1 Å². The second kappa shape index (κ2) is 9.74. The molecule has 4 aromatic rings. The van der Waals surface area contributed by atoms with E-state index in [4.69, 9.17) is 14.2 Å². The summed E-state index contributed by atoms with van der Waals surface area (Å²) in [5.74, 6) is 0.330. The van der Waals surface area contributed by atoms with Crippen molar-refractivity contribution < 1.29 is 28.9 Å². The number of benzene rings is 3. The minimum atomic E-state index is -0.883. The molecule has 6 rings (SSSR count). The summed E-state index contributed by atoms with van der Waals surface area (Å²) in [6, 6.07) is 17.1. The van der Waals surface area contributed by atoms with Crippen LogP contribution in [0.4, 0.5) is 5.13 Å². The summed E-state index contributed by atoms with van der Waals surface area (Å²) in [4.78, 5) is 33.2. The van der Waals surface area contributed by atoms with Crippen molar-refractivity contribution >= 4 is 44.1 Å². The van der Waals surface area contributed by atoms with E-state index in [1.165, 1.54) is 16.2 Å². The van der Waals surface area contributed by atoms with E-state index in [0.29, 0.717) is 46.3 Å². The Morgan fingerprint density at radius 3 is 2.62 bits per heavy atom. The van der Waals surface area contributed by atoms with Gasteiger partial charge in [-0.1, -0.05) is 23.5 Å². The van der Waals surface area contributed by atoms with Gasteiger partial charge in [0.25, 0.3) is 5.78 Å². The zero-order chi connectivity index (χ0) is 27.3. The highest BCUT2D eigenvalue weighted by Gasteiger charge is 2.48. The number of hydrogen-bond donors (Lipinski definition) is 1. The SMILES string of the molecule is CCOc1ccc([C@H]2C(=C(O)c3ccc4c(c3)C[C@@H](C)O4)C(=O)C(=O)N2c2nc3ccc(OC)cc3s2)cc1. The van der Waals surface area contributed by atoms with Gasteiger partial charge in [-0.15, -0.1) is 0 Å². The maximum atomic E-state index is 13.6. The lowest BCUT2D eigenvalue weighted by Gasteiger charge is -2.23. The quantitative estimate of drug-likeness (QED) is 0.191. The molecule has 1 amide bonds. The van der Waals surface area contributed by atoms with Crippen molar-refractivity contribution in [3.8, 4) is 17.2 Å². The number of anilines is 1. The van der Waals surface area contributed by atoms with Gasteiger partial charge in [-0.2, -0.15) is 0 Å². The first-order valence-corrected chi connectivity index (χ1v) is 13.5. The van der Waals surface area contributed by atoms with Gasteiger partial charge in [0.05, 0.1) is 35.5 Å². The molecule has 0 radical (unpaired) electrons. The Balaban J connectivity index is 1.51. The van der Waals surface area contributed by atoms with E-state index in [1.807, 2.05) is 32.0 Å². The molecule has 2 aliphatic heterocycles. The van der Waals surface area contributed by atoms with E-state index in [0.717, 1.165) is 16.0 Å². The standard InChI is InChI=1S/C30H26N2O6S/c1-4-37-20-8-5-17(6-9-20)26-25(27(33)18-7-12-23-19(14-18)13-16(2)38-23)28(34)29(35)32(26)30-31-22-11-10-21(36-3)15-24(22)39-30/h5-12,14-16,26,33H,4,13H2,1-3H3/t16-,26+/m1/s1. The number of aliphatic hydroxyl groups is 1. The fourth-order valence-corrected chi connectivity index (χ4v) is 6.13. The molecule has 39 heavy (non-hydrogen) atoms. The van der Waals surface area contributed by atoms with Crippen molar-refractivity contribution in [2.24, 2.45) is 0 Å². The lowest BCUT2D eigenvalue weighted by molar-refractivity contribution is -0.132. The number of methoxy groups -OCH3 is 1. The van der Waals surface area contributed by atoms with Crippen molar-refractivity contribution in [3.05, 3.63) is 82.9 Å². The first-order valence-electron chi connectivity index (χ1n) is 12.7. The number of rotatable bonds is 6. The van der Waals surface area contributed by atoms with Crippen molar-refractivity contribution in [2.45, 2.75) is 32.4 Å². The number of Topliss-reactive ketones (excluding diaryl/α,β-unsaturated/α-hetero) is 1. The molecule has 1 fully saturated rings. The molecule has 0 unspecified atom stereocenters. The molecule has 198 valence electrons. The number of ether oxygens (including phenoxy) is 3. The van der Waals surface area contributed by atoms with Crippen LogP contribution in [0.5, 0.6) is 17.2 Å². The number of carbonyl (C=O) groups excluding carboxylic acids is 2. The smallest absolute Gasteiger partial charge is 0.301 e. The minimum absolute atomic E-state index is 0.00732. The van der Waals surface area contributed by atoms with Gasteiger partial charge in [0.15, 0.2) is 5.13 Å². The van der Waals surface area contributed by atoms with Gasteiger partial charge in [0.1, 0.15) is 29.1 Å². The maximum absolute atomic E-state index is 13.6. The molecule has 3 heterocycles. The minimum Gasteiger partial charge on any atom is -0.507 e. The summed E-state index contributed by atoms with van der Waals surface area (Å²) in [7, 11) is 1.58. The van der Waals surface area contributed by atoms with Crippen LogP contribution in [0.3, 0.4) is 0 Å². The van der Waals surface area contributed by atoms with Crippen LogP contribution in [0.25, 0.3) is 16.0 Å². The molecule has 1 aromatic heterocycles. The van der Waals surface area contributed by atoms with Crippen molar-refractivity contribution in [3.63, 3.8) is 0 Å². The summed E-state index contributed by atoms with van der Waals surface area (Å²) >= 11 is 1.28. The molecule has 2 atom stereocenters. The van der Waals surface area contributed by atoms with E-state index in [-0.39, 0.29) is 17.4 Å². The Morgan fingerprint density at radius 2 is 1.87 bits per heavy atom. The monoisotopic (exact) mass is 542 g/mol. The first kappa shape index (κ1) is 24.9. The van der Waals surface area contributed by atoms with Crippen LogP contribution in [0, 0.1) is 0 Å². The van der Waals surface area contributed by atoms with E-state index in [1.54, 1.807) is 49.6 Å². The molecular formula is C30H26N2O6S. The van der Waals surface area contributed by atoms with Crippen molar-refractivity contribution in [1.29, 1.82) is 0 Å². The van der Waals surface area contributed by atoms with Gasteiger partial charge >= 0.3 is 5.91 Å². The Bertz CT molecular complexity index is 1640. The van der Waals surface area contributed by atoms with E-state index in [2.05, 4.69) is 4.98 Å². The zero-order valence-electron chi connectivity index (χ0n) is 21.6. The first-order chi connectivity index (χ1) is 18.9. The van der Waals surface area contributed by atoms with E-state index < -0.39 is 17.7 Å². The number of thiazole rings is 1. The molecule has 0 saturated carbocycles. The summed E-state index contributed by atoms with van der Waals surface area (Å²) in [5, 5.41) is 11.9. The lowest BCUT2D eigenvalue weighted by Crippen LogP contribution is -2.29. The van der Waals surface area contributed by atoms with E-state index in [9.17, 15) is 14.7 Å². The number of ketones is 1. The normalized spacial score (nSPS) is 19.8.